The maximum Gasteiger partial charge on any atom is 0.126 e. The molecule has 2 aromatic rings. The Morgan fingerprint density at radius 2 is 1.75 bits per heavy atom. The zero-order valence-electron chi connectivity index (χ0n) is 9.79. The molecule has 0 saturated carbocycles. The van der Waals surface area contributed by atoms with E-state index in [4.69, 9.17) is 0 Å². The van der Waals surface area contributed by atoms with Crippen LogP contribution in [0.1, 0.15) is 22.3 Å². The highest BCUT2D eigenvalue weighted by Gasteiger charge is 2.06. The summed E-state index contributed by atoms with van der Waals surface area (Å²) in [7, 11) is 0. The molecule has 0 aliphatic rings. The molecule has 16 heavy (non-hydrogen) atoms. The van der Waals surface area contributed by atoms with E-state index in [2.05, 4.69) is 72.9 Å². The molecule has 0 amide bonds. The van der Waals surface area contributed by atoms with Crippen molar-refractivity contribution < 1.29 is 0 Å². The van der Waals surface area contributed by atoms with E-state index in [1.807, 2.05) is 4.68 Å². The summed E-state index contributed by atoms with van der Waals surface area (Å²) in [5.41, 5.74) is 5.29. The molecule has 0 N–H and O–H groups in total. The van der Waals surface area contributed by atoms with Gasteiger partial charge < -0.3 is 0 Å². The van der Waals surface area contributed by atoms with E-state index in [0.29, 0.717) is 0 Å². The van der Waals surface area contributed by atoms with E-state index in [1.54, 1.807) is 0 Å². The molecule has 0 aliphatic carbocycles. The Balaban J connectivity index is 2.33. The molecule has 1 aromatic carbocycles. The topological polar surface area (TPSA) is 17.8 Å². The summed E-state index contributed by atoms with van der Waals surface area (Å²) in [5, 5.41) is 4.49. The van der Waals surface area contributed by atoms with Gasteiger partial charge in [0.2, 0.25) is 0 Å². The quantitative estimate of drug-likeness (QED) is 0.773. The van der Waals surface area contributed by atoms with Crippen molar-refractivity contribution in [3.8, 4) is 0 Å². The Labute approximate surface area is 110 Å². The minimum absolute atomic E-state index is 0.863. The fourth-order valence-corrected chi connectivity index (χ4v) is 2.26. The highest BCUT2D eigenvalue weighted by Crippen LogP contribution is 2.16. The third kappa shape index (κ3) is 2.29. The largest absolute Gasteiger partial charge is 0.267 e. The Bertz CT molecular complexity index is 475. The second-order valence-electron chi connectivity index (χ2n) is 4.17. The zero-order chi connectivity index (χ0) is 11.7. The average Bonchev–Trinajstić information content (AvgIpc) is 2.53. The number of hydrogen-bond donors (Lipinski definition) is 0. The lowest BCUT2D eigenvalue weighted by Crippen LogP contribution is -2.04. The van der Waals surface area contributed by atoms with Gasteiger partial charge in [-0.1, -0.05) is 18.2 Å². The van der Waals surface area contributed by atoms with Crippen LogP contribution in [0.5, 0.6) is 0 Å². The summed E-state index contributed by atoms with van der Waals surface area (Å²) in [4.78, 5) is 0. The molecule has 84 valence electrons. The number of rotatable bonds is 2. The summed E-state index contributed by atoms with van der Waals surface area (Å²) in [5.74, 6) is 0. The lowest BCUT2D eigenvalue weighted by Gasteiger charge is -2.09. The van der Waals surface area contributed by atoms with Crippen LogP contribution in [0.25, 0.3) is 0 Å². The van der Waals surface area contributed by atoms with Gasteiger partial charge in [0, 0.05) is 11.8 Å². The van der Waals surface area contributed by atoms with E-state index < -0.39 is 0 Å². The standard InChI is InChI=1S/C13H15IN2/c1-9-5-4-6-10(2)12(9)8-16-7-11(3)13(14)15-16/h4-7H,8H2,1-3H3. The molecule has 0 bridgehead atoms. The third-order valence-corrected chi connectivity index (χ3v) is 3.92. The number of hydrogen-bond acceptors (Lipinski definition) is 1. The Morgan fingerprint density at radius 3 is 2.25 bits per heavy atom. The second kappa shape index (κ2) is 4.57. The van der Waals surface area contributed by atoms with Gasteiger partial charge in [-0.15, -0.1) is 0 Å². The van der Waals surface area contributed by atoms with Crippen molar-refractivity contribution in [2.24, 2.45) is 0 Å². The van der Waals surface area contributed by atoms with Crippen LogP contribution in [0, 0.1) is 24.5 Å². The molecule has 1 aromatic heterocycles. The number of halogens is 1. The van der Waals surface area contributed by atoms with Crippen molar-refractivity contribution in [2.45, 2.75) is 27.3 Å². The van der Waals surface area contributed by atoms with Crippen molar-refractivity contribution in [1.29, 1.82) is 0 Å². The van der Waals surface area contributed by atoms with Crippen LogP contribution < -0.4 is 0 Å². The summed E-state index contributed by atoms with van der Waals surface area (Å²) in [6.45, 7) is 7.27. The van der Waals surface area contributed by atoms with Gasteiger partial charge in [-0.3, -0.25) is 4.68 Å². The van der Waals surface area contributed by atoms with Crippen LogP contribution in [0.3, 0.4) is 0 Å². The van der Waals surface area contributed by atoms with Crippen molar-refractivity contribution in [2.75, 3.05) is 0 Å². The van der Waals surface area contributed by atoms with Crippen molar-refractivity contribution in [3.63, 3.8) is 0 Å². The van der Waals surface area contributed by atoms with E-state index in [0.717, 1.165) is 10.2 Å². The highest BCUT2D eigenvalue weighted by atomic mass is 127. The normalized spacial score (nSPS) is 10.8. The van der Waals surface area contributed by atoms with Gasteiger partial charge in [-0.2, -0.15) is 5.10 Å². The molecule has 0 fully saturated rings. The number of aromatic nitrogens is 2. The van der Waals surface area contributed by atoms with Gasteiger partial charge in [0.05, 0.1) is 6.54 Å². The minimum atomic E-state index is 0.863. The van der Waals surface area contributed by atoms with Gasteiger partial charge in [-0.05, 0) is 60.1 Å². The highest BCUT2D eigenvalue weighted by molar-refractivity contribution is 14.1. The van der Waals surface area contributed by atoms with E-state index in [9.17, 15) is 0 Å². The van der Waals surface area contributed by atoms with Crippen molar-refractivity contribution in [3.05, 3.63) is 50.4 Å². The van der Waals surface area contributed by atoms with Crippen molar-refractivity contribution >= 4 is 22.6 Å². The van der Waals surface area contributed by atoms with Crippen LogP contribution in [-0.4, -0.2) is 9.78 Å². The Hall–Kier alpha value is -0.840. The third-order valence-electron chi connectivity index (χ3n) is 2.85. The first kappa shape index (κ1) is 11.6. The van der Waals surface area contributed by atoms with E-state index in [-0.39, 0.29) is 0 Å². The Morgan fingerprint density at radius 1 is 1.12 bits per heavy atom. The van der Waals surface area contributed by atoms with Crippen LogP contribution in [-0.2, 0) is 6.54 Å². The first-order valence-corrected chi connectivity index (χ1v) is 6.40. The zero-order valence-corrected chi connectivity index (χ0v) is 11.9. The molecule has 0 atom stereocenters. The first-order chi connectivity index (χ1) is 7.58. The maximum absolute atomic E-state index is 4.49. The molecule has 3 heteroatoms. The average molecular weight is 326 g/mol. The molecular formula is C13H15IN2. The van der Waals surface area contributed by atoms with Gasteiger partial charge in [0.1, 0.15) is 3.70 Å². The van der Waals surface area contributed by atoms with E-state index >= 15 is 0 Å². The minimum Gasteiger partial charge on any atom is -0.267 e. The lowest BCUT2D eigenvalue weighted by molar-refractivity contribution is 0.675. The fraction of sp³-hybridized carbons (Fsp3) is 0.308. The second-order valence-corrected chi connectivity index (χ2v) is 5.19. The number of aryl methyl sites for hydroxylation is 3. The van der Waals surface area contributed by atoms with Crippen LogP contribution in [0.15, 0.2) is 24.4 Å². The van der Waals surface area contributed by atoms with Crippen LogP contribution in [0.4, 0.5) is 0 Å². The van der Waals surface area contributed by atoms with Gasteiger partial charge in [0.15, 0.2) is 0 Å². The monoisotopic (exact) mass is 326 g/mol. The summed E-state index contributed by atoms with van der Waals surface area (Å²) < 4.78 is 3.11. The maximum atomic E-state index is 4.49. The van der Waals surface area contributed by atoms with Gasteiger partial charge in [0.25, 0.3) is 0 Å². The summed E-state index contributed by atoms with van der Waals surface area (Å²) in [6, 6.07) is 6.42. The van der Waals surface area contributed by atoms with Gasteiger partial charge >= 0.3 is 0 Å². The molecule has 0 aliphatic heterocycles. The molecule has 2 nitrogen and oxygen atoms in total. The predicted molar refractivity (Wildman–Crippen MR) is 74.7 cm³/mol. The molecule has 1 heterocycles. The SMILES string of the molecule is Cc1cn(Cc2c(C)cccc2C)nc1I. The molecule has 0 spiro atoms. The predicted octanol–water partition coefficient (Wildman–Crippen LogP) is 3.46. The summed E-state index contributed by atoms with van der Waals surface area (Å²) >= 11 is 2.27. The number of benzene rings is 1. The number of nitrogens with zero attached hydrogens (tertiary/aromatic N) is 2. The van der Waals surface area contributed by atoms with Gasteiger partial charge in [-0.25, -0.2) is 0 Å². The first-order valence-electron chi connectivity index (χ1n) is 5.32. The van der Waals surface area contributed by atoms with Crippen molar-refractivity contribution in [1.82, 2.24) is 9.78 Å². The molecular weight excluding hydrogens is 311 g/mol. The summed E-state index contributed by atoms with van der Waals surface area (Å²) in [6.07, 6.45) is 2.10. The molecule has 0 saturated heterocycles. The lowest BCUT2D eigenvalue weighted by atomic mass is 10.0. The smallest absolute Gasteiger partial charge is 0.126 e. The molecule has 2 rings (SSSR count). The van der Waals surface area contributed by atoms with Crippen LogP contribution >= 0.6 is 22.6 Å². The van der Waals surface area contributed by atoms with E-state index in [1.165, 1.54) is 22.3 Å². The van der Waals surface area contributed by atoms with Crippen LogP contribution in [0.2, 0.25) is 0 Å². The Kier molecular flexibility index (Phi) is 3.33. The molecule has 0 unspecified atom stereocenters. The molecule has 0 radical (unpaired) electrons. The fourth-order valence-electron chi connectivity index (χ4n) is 1.84.